The Balaban J connectivity index is 2.37. The van der Waals surface area contributed by atoms with Gasteiger partial charge in [-0.25, -0.2) is 4.79 Å². The Morgan fingerprint density at radius 2 is 1.83 bits per heavy atom. The molecule has 1 heterocycles. The number of carbonyl (C=O) groups is 1. The maximum absolute atomic E-state index is 10.6. The van der Waals surface area contributed by atoms with Crippen LogP contribution in [0.3, 0.4) is 0 Å². The van der Waals surface area contributed by atoms with Crippen molar-refractivity contribution in [3.63, 3.8) is 0 Å². The molecule has 0 amide bonds. The molecule has 0 atom stereocenters. The van der Waals surface area contributed by atoms with E-state index in [1.165, 1.54) is 0 Å². The highest BCUT2D eigenvalue weighted by molar-refractivity contribution is 5.78. The summed E-state index contributed by atoms with van der Waals surface area (Å²) in [6.07, 6.45) is 0. The number of aliphatic carboxylic acids is 1. The van der Waals surface area contributed by atoms with Crippen LogP contribution in [-0.2, 0) is 20.4 Å². The SMILES string of the molecule is O=C(O)C1(c2ccccc2)OO1. The van der Waals surface area contributed by atoms with Crippen molar-refractivity contribution in [3.8, 4) is 0 Å². The van der Waals surface area contributed by atoms with E-state index in [0.717, 1.165) is 0 Å². The summed E-state index contributed by atoms with van der Waals surface area (Å²) in [7, 11) is 0. The van der Waals surface area contributed by atoms with Crippen molar-refractivity contribution < 1.29 is 19.7 Å². The van der Waals surface area contributed by atoms with Crippen LogP contribution in [0.5, 0.6) is 0 Å². The number of rotatable bonds is 2. The zero-order valence-electron chi connectivity index (χ0n) is 6.06. The van der Waals surface area contributed by atoms with E-state index in [1.54, 1.807) is 30.3 Å². The van der Waals surface area contributed by atoms with Gasteiger partial charge in [-0.15, -0.1) is 0 Å². The topological polar surface area (TPSA) is 62.4 Å². The molecule has 62 valence electrons. The first kappa shape index (κ1) is 7.27. The summed E-state index contributed by atoms with van der Waals surface area (Å²) < 4.78 is 0. The van der Waals surface area contributed by atoms with Gasteiger partial charge in [-0.1, -0.05) is 30.3 Å². The standard InChI is InChI=1S/C8H6O4/c9-7(10)8(11-12-8)6-4-2-1-3-5-6/h1-5H,(H,9,10). The summed E-state index contributed by atoms with van der Waals surface area (Å²) in [5.41, 5.74) is 0.498. The summed E-state index contributed by atoms with van der Waals surface area (Å²) in [6.45, 7) is 0. The third-order valence-electron chi connectivity index (χ3n) is 1.69. The van der Waals surface area contributed by atoms with Gasteiger partial charge in [-0.3, -0.25) is 0 Å². The summed E-state index contributed by atoms with van der Waals surface area (Å²) in [5.74, 6) is -2.67. The molecule has 1 aromatic rings. The van der Waals surface area contributed by atoms with Gasteiger partial charge in [0, 0.05) is 5.56 Å². The first-order chi connectivity index (χ1) is 5.76. The molecule has 4 heteroatoms. The van der Waals surface area contributed by atoms with Gasteiger partial charge in [0.05, 0.1) is 0 Å². The van der Waals surface area contributed by atoms with E-state index in [1.807, 2.05) is 0 Å². The molecule has 0 bridgehead atoms. The molecule has 0 aliphatic carbocycles. The van der Waals surface area contributed by atoms with Gasteiger partial charge >= 0.3 is 11.8 Å². The highest BCUT2D eigenvalue weighted by Crippen LogP contribution is 2.40. The maximum Gasteiger partial charge on any atom is 0.375 e. The molecule has 1 aliphatic heterocycles. The lowest BCUT2D eigenvalue weighted by Crippen LogP contribution is -2.20. The van der Waals surface area contributed by atoms with Gasteiger partial charge in [-0.05, 0) is 0 Å². The van der Waals surface area contributed by atoms with Crippen LogP contribution in [0.1, 0.15) is 5.56 Å². The Bertz CT molecular complexity index is 302. The Kier molecular flexibility index (Phi) is 1.39. The third-order valence-corrected chi connectivity index (χ3v) is 1.69. The summed E-state index contributed by atoms with van der Waals surface area (Å²) in [5, 5.41) is 8.71. The Labute approximate surface area is 68.3 Å². The van der Waals surface area contributed by atoms with E-state index in [2.05, 4.69) is 9.78 Å². The predicted molar refractivity (Wildman–Crippen MR) is 37.9 cm³/mol. The summed E-state index contributed by atoms with van der Waals surface area (Å²) in [6, 6.07) is 8.53. The maximum atomic E-state index is 10.6. The number of hydrogen-bond donors (Lipinski definition) is 1. The first-order valence-electron chi connectivity index (χ1n) is 3.41. The predicted octanol–water partition coefficient (Wildman–Crippen LogP) is 0.886. The van der Waals surface area contributed by atoms with Crippen molar-refractivity contribution in [2.24, 2.45) is 0 Å². The second kappa shape index (κ2) is 2.30. The van der Waals surface area contributed by atoms with Crippen molar-refractivity contribution >= 4 is 5.97 Å². The van der Waals surface area contributed by atoms with Crippen molar-refractivity contribution in [1.29, 1.82) is 0 Å². The lowest BCUT2D eigenvalue weighted by Gasteiger charge is -1.99. The summed E-state index contributed by atoms with van der Waals surface area (Å²) >= 11 is 0. The average Bonchev–Trinajstić information content (AvgIpc) is 2.86. The monoisotopic (exact) mass is 166 g/mol. The largest absolute Gasteiger partial charge is 0.477 e. The zero-order chi connectivity index (χ0) is 8.60. The quantitative estimate of drug-likeness (QED) is 0.523. The van der Waals surface area contributed by atoms with Crippen LogP contribution in [0.2, 0.25) is 0 Å². The number of hydrogen-bond acceptors (Lipinski definition) is 3. The molecule has 0 saturated carbocycles. The van der Waals surface area contributed by atoms with E-state index in [4.69, 9.17) is 5.11 Å². The van der Waals surface area contributed by atoms with E-state index in [-0.39, 0.29) is 0 Å². The van der Waals surface area contributed by atoms with Crippen LogP contribution >= 0.6 is 0 Å². The second-order valence-corrected chi connectivity index (χ2v) is 2.45. The molecule has 1 N–H and O–H groups in total. The van der Waals surface area contributed by atoms with Crippen LogP contribution in [0, 0.1) is 0 Å². The van der Waals surface area contributed by atoms with E-state index in [0.29, 0.717) is 5.56 Å². The first-order valence-corrected chi connectivity index (χ1v) is 3.41. The Morgan fingerprint density at radius 3 is 2.25 bits per heavy atom. The van der Waals surface area contributed by atoms with Crippen molar-refractivity contribution in [3.05, 3.63) is 35.9 Å². The van der Waals surface area contributed by atoms with Crippen molar-refractivity contribution in [2.45, 2.75) is 5.79 Å². The molecular formula is C8H6O4. The molecule has 0 spiro atoms. The smallest absolute Gasteiger partial charge is 0.375 e. The highest BCUT2D eigenvalue weighted by atomic mass is 17.4. The normalized spacial score (nSPS) is 18.7. The van der Waals surface area contributed by atoms with Gasteiger partial charge in [-0.2, -0.15) is 9.78 Å². The van der Waals surface area contributed by atoms with Crippen LogP contribution < -0.4 is 0 Å². The van der Waals surface area contributed by atoms with Gasteiger partial charge in [0.1, 0.15) is 0 Å². The van der Waals surface area contributed by atoms with Gasteiger partial charge in [0.15, 0.2) is 0 Å². The lowest BCUT2D eigenvalue weighted by atomic mass is 10.1. The third kappa shape index (κ3) is 0.895. The highest BCUT2D eigenvalue weighted by Gasteiger charge is 2.59. The van der Waals surface area contributed by atoms with Gasteiger partial charge in [0.25, 0.3) is 0 Å². The molecule has 2 rings (SSSR count). The Morgan fingerprint density at radius 1 is 1.25 bits per heavy atom. The van der Waals surface area contributed by atoms with E-state index in [9.17, 15) is 4.79 Å². The molecule has 1 fully saturated rings. The minimum absolute atomic E-state index is 0.498. The van der Waals surface area contributed by atoms with Crippen LogP contribution in [-0.4, -0.2) is 11.1 Å². The molecule has 1 aliphatic rings. The fourth-order valence-electron chi connectivity index (χ4n) is 0.990. The van der Waals surface area contributed by atoms with Gasteiger partial charge < -0.3 is 5.11 Å². The van der Waals surface area contributed by atoms with Crippen LogP contribution in [0.15, 0.2) is 30.3 Å². The Hall–Kier alpha value is -1.39. The second-order valence-electron chi connectivity index (χ2n) is 2.45. The fourth-order valence-corrected chi connectivity index (χ4v) is 0.990. The van der Waals surface area contributed by atoms with Crippen molar-refractivity contribution in [1.82, 2.24) is 0 Å². The zero-order valence-corrected chi connectivity index (χ0v) is 6.06. The number of benzene rings is 1. The minimum atomic E-state index is -1.54. The molecule has 0 aromatic heterocycles. The fraction of sp³-hybridized carbons (Fsp3) is 0.125. The van der Waals surface area contributed by atoms with Gasteiger partial charge in [0.2, 0.25) is 0 Å². The van der Waals surface area contributed by atoms with Crippen molar-refractivity contribution in [2.75, 3.05) is 0 Å². The molecule has 0 unspecified atom stereocenters. The minimum Gasteiger partial charge on any atom is -0.477 e. The van der Waals surface area contributed by atoms with Crippen LogP contribution in [0.4, 0.5) is 0 Å². The molecule has 0 radical (unpaired) electrons. The lowest BCUT2D eigenvalue weighted by molar-refractivity contribution is -0.144. The molecule has 12 heavy (non-hydrogen) atoms. The van der Waals surface area contributed by atoms with E-state index >= 15 is 0 Å². The average molecular weight is 166 g/mol. The number of carboxylic acid groups (broad SMARTS) is 1. The molecule has 1 aromatic carbocycles. The molecule has 1 saturated heterocycles. The van der Waals surface area contributed by atoms with Crippen LogP contribution in [0.25, 0.3) is 0 Å². The molecule has 4 nitrogen and oxygen atoms in total. The van der Waals surface area contributed by atoms with E-state index < -0.39 is 11.8 Å². The number of carboxylic acids is 1. The molecular weight excluding hydrogens is 160 g/mol. The summed E-state index contributed by atoms with van der Waals surface area (Å²) in [4.78, 5) is 19.5.